The van der Waals surface area contributed by atoms with Gasteiger partial charge < -0.3 is 4.74 Å². The van der Waals surface area contributed by atoms with E-state index in [1.807, 2.05) is 37.3 Å². The average molecular weight is 313 g/mol. The predicted octanol–water partition coefficient (Wildman–Crippen LogP) is 4.68. The van der Waals surface area contributed by atoms with Gasteiger partial charge in [-0.25, -0.2) is 4.98 Å². The Morgan fingerprint density at radius 2 is 2.18 bits per heavy atom. The fourth-order valence-corrected chi connectivity index (χ4v) is 2.02. The minimum Gasteiger partial charge on any atom is -0.439 e. The lowest BCUT2D eigenvalue weighted by molar-refractivity contribution is 0.458. The molecule has 0 amide bonds. The fourth-order valence-electron chi connectivity index (χ4n) is 1.45. The molecule has 0 fully saturated rings. The van der Waals surface area contributed by atoms with E-state index in [1.54, 1.807) is 6.20 Å². The second-order valence-electron chi connectivity index (χ2n) is 3.67. The summed E-state index contributed by atoms with van der Waals surface area (Å²) in [5.41, 5.74) is 2.01. The van der Waals surface area contributed by atoms with Crippen LogP contribution in [0.1, 0.15) is 11.1 Å². The third-order valence-electron chi connectivity index (χ3n) is 2.24. The van der Waals surface area contributed by atoms with E-state index < -0.39 is 0 Å². The number of nitrogens with zero attached hydrogens (tertiary/aromatic N) is 1. The molecule has 4 heteroatoms. The van der Waals surface area contributed by atoms with Gasteiger partial charge in [0.2, 0.25) is 5.88 Å². The van der Waals surface area contributed by atoms with Gasteiger partial charge >= 0.3 is 0 Å². The van der Waals surface area contributed by atoms with Crippen LogP contribution in [-0.4, -0.2) is 4.98 Å². The van der Waals surface area contributed by atoms with Crippen molar-refractivity contribution in [2.45, 2.75) is 12.8 Å². The molecule has 0 saturated heterocycles. The Morgan fingerprint density at radius 3 is 2.88 bits per heavy atom. The number of aryl methyl sites for hydroxylation is 1. The van der Waals surface area contributed by atoms with Crippen LogP contribution in [0.5, 0.6) is 11.6 Å². The lowest BCUT2D eigenvalue weighted by Crippen LogP contribution is -1.93. The Morgan fingerprint density at radius 1 is 1.35 bits per heavy atom. The fraction of sp³-hybridized carbons (Fsp3) is 0.154. The van der Waals surface area contributed by atoms with Crippen molar-refractivity contribution in [1.82, 2.24) is 4.98 Å². The van der Waals surface area contributed by atoms with Crippen LogP contribution in [0.15, 0.2) is 41.0 Å². The summed E-state index contributed by atoms with van der Waals surface area (Å²) in [5.74, 6) is 1.69. The molecule has 1 heterocycles. The molecule has 0 N–H and O–H groups in total. The maximum atomic E-state index is 5.86. The van der Waals surface area contributed by atoms with Gasteiger partial charge in [0.15, 0.2) is 0 Å². The van der Waals surface area contributed by atoms with Crippen LogP contribution in [-0.2, 0) is 5.88 Å². The van der Waals surface area contributed by atoms with Crippen molar-refractivity contribution in [2.75, 3.05) is 0 Å². The topological polar surface area (TPSA) is 22.1 Å². The number of aromatic nitrogens is 1. The van der Waals surface area contributed by atoms with Crippen LogP contribution < -0.4 is 4.74 Å². The predicted molar refractivity (Wildman–Crippen MR) is 72.7 cm³/mol. The summed E-state index contributed by atoms with van der Waals surface area (Å²) in [6, 6.07) is 9.73. The van der Waals surface area contributed by atoms with E-state index in [0.717, 1.165) is 21.3 Å². The highest BCUT2D eigenvalue weighted by molar-refractivity contribution is 9.10. The summed E-state index contributed by atoms with van der Waals surface area (Å²) in [6.07, 6.45) is 1.70. The van der Waals surface area contributed by atoms with E-state index in [4.69, 9.17) is 16.3 Å². The summed E-state index contributed by atoms with van der Waals surface area (Å²) in [4.78, 5) is 4.22. The highest BCUT2D eigenvalue weighted by Crippen LogP contribution is 2.26. The first-order chi connectivity index (χ1) is 8.19. The second-order valence-corrected chi connectivity index (χ2v) is 4.85. The number of halogens is 2. The average Bonchev–Trinajstić information content (AvgIpc) is 2.31. The zero-order chi connectivity index (χ0) is 12.3. The highest BCUT2D eigenvalue weighted by atomic mass is 79.9. The van der Waals surface area contributed by atoms with E-state index in [9.17, 15) is 0 Å². The van der Waals surface area contributed by atoms with Gasteiger partial charge in [-0.2, -0.15) is 0 Å². The number of alkyl halides is 1. The number of pyridine rings is 1. The number of hydrogen-bond donors (Lipinski definition) is 0. The Bertz CT molecular complexity index is 531. The van der Waals surface area contributed by atoms with Crippen LogP contribution in [0.3, 0.4) is 0 Å². The largest absolute Gasteiger partial charge is 0.439 e. The van der Waals surface area contributed by atoms with Crippen molar-refractivity contribution in [3.63, 3.8) is 0 Å². The van der Waals surface area contributed by atoms with Crippen LogP contribution in [0.25, 0.3) is 0 Å². The number of hydrogen-bond acceptors (Lipinski definition) is 2. The minimum absolute atomic E-state index is 0.369. The summed E-state index contributed by atoms with van der Waals surface area (Å²) >= 11 is 9.22. The maximum absolute atomic E-state index is 5.86. The molecule has 1 aromatic heterocycles. The van der Waals surface area contributed by atoms with Gasteiger partial charge in [0.1, 0.15) is 5.75 Å². The van der Waals surface area contributed by atoms with Gasteiger partial charge in [0.05, 0.1) is 5.88 Å². The molecule has 2 nitrogen and oxygen atoms in total. The molecule has 1 aromatic carbocycles. The van der Waals surface area contributed by atoms with Crippen molar-refractivity contribution in [3.8, 4) is 11.6 Å². The molecule has 2 aromatic rings. The smallest absolute Gasteiger partial charge is 0.223 e. The molecule has 0 radical (unpaired) electrons. The molecule has 0 atom stereocenters. The molecule has 17 heavy (non-hydrogen) atoms. The van der Waals surface area contributed by atoms with Crippen LogP contribution in [0.4, 0.5) is 0 Å². The third kappa shape index (κ3) is 3.20. The zero-order valence-electron chi connectivity index (χ0n) is 9.28. The van der Waals surface area contributed by atoms with Crippen LogP contribution in [0, 0.1) is 6.92 Å². The monoisotopic (exact) mass is 311 g/mol. The lowest BCUT2D eigenvalue weighted by atomic mass is 10.2. The Hall–Kier alpha value is -1.06. The molecule has 2 rings (SSSR count). The molecular weight excluding hydrogens is 302 g/mol. The quantitative estimate of drug-likeness (QED) is 0.767. The first-order valence-electron chi connectivity index (χ1n) is 5.14. The van der Waals surface area contributed by atoms with Crippen molar-refractivity contribution < 1.29 is 4.74 Å². The zero-order valence-corrected chi connectivity index (χ0v) is 11.6. The maximum Gasteiger partial charge on any atom is 0.223 e. The summed E-state index contributed by atoms with van der Waals surface area (Å²) < 4.78 is 6.61. The van der Waals surface area contributed by atoms with Crippen molar-refractivity contribution in [3.05, 3.63) is 52.1 Å². The number of rotatable bonds is 3. The van der Waals surface area contributed by atoms with Crippen molar-refractivity contribution >= 4 is 27.5 Å². The van der Waals surface area contributed by atoms with E-state index in [2.05, 4.69) is 20.9 Å². The second kappa shape index (κ2) is 5.52. The van der Waals surface area contributed by atoms with Gasteiger partial charge in [0, 0.05) is 16.2 Å². The standard InChI is InChI=1S/C13H11BrClNO/c1-9-3-2-4-12(5-9)17-13-10(7-15)6-11(14)8-16-13/h2-6,8H,7H2,1H3. The summed E-state index contributed by atoms with van der Waals surface area (Å²) in [7, 11) is 0. The van der Waals surface area contributed by atoms with Crippen molar-refractivity contribution in [1.29, 1.82) is 0 Å². The van der Waals surface area contributed by atoms with Crippen LogP contribution >= 0.6 is 27.5 Å². The summed E-state index contributed by atoms with van der Waals surface area (Å²) in [5, 5.41) is 0. The molecule has 0 aliphatic heterocycles. The molecule has 0 saturated carbocycles. The molecule has 0 unspecified atom stereocenters. The highest BCUT2D eigenvalue weighted by Gasteiger charge is 2.06. The van der Waals surface area contributed by atoms with Crippen molar-refractivity contribution in [2.24, 2.45) is 0 Å². The lowest BCUT2D eigenvalue weighted by Gasteiger charge is -2.09. The molecular formula is C13H11BrClNO. The normalized spacial score (nSPS) is 10.3. The Balaban J connectivity index is 2.29. The molecule has 0 spiro atoms. The summed E-state index contributed by atoms with van der Waals surface area (Å²) in [6.45, 7) is 2.02. The molecule has 0 bridgehead atoms. The first kappa shape index (κ1) is 12.4. The van der Waals surface area contributed by atoms with E-state index >= 15 is 0 Å². The molecule has 88 valence electrons. The number of benzene rings is 1. The van der Waals surface area contributed by atoms with Gasteiger partial charge in [0.25, 0.3) is 0 Å². The van der Waals surface area contributed by atoms with E-state index in [-0.39, 0.29) is 0 Å². The Kier molecular flexibility index (Phi) is 4.02. The SMILES string of the molecule is Cc1cccc(Oc2ncc(Br)cc2CCl)c1. The Labute approximate surface area is 114 Å². The molecule has 0 aliphatic rings. The number of ether oxygens (including phenoxy) is 1. The van der Waals surface area contributed by atoms with E-state index in [0.29, 0.717) is 11.8 Å². The van der Waals surface area contributed by atoms with E-state index in [1.165, 1.54) is 0 Å². The minimum atomic E-state index is 0.369. The van der Waals surface area contributed by atoms with Gasteiger partial charge in [-0.3, -0.25) is 0 Å². The van der Waals surface area contributed by atoms with Gasteiger partial charge in [-0.1, -0.05) is 12.1 Å². The van der Waals surface area contributed by atoms with Crippen LogP contribution in [0.2, 0.25) is 0 Å². The third-order valence-corrected chi connectivity index (χ3v) is 2.96. The van der Waals surface area contributed by atoms with Gasteiger partial charge in [-0.05, 0) is 46.6 Å². The molecule has 0 aliphatic carbocycles. The first-order valence-corrected chi connectivity index (χ1v) is 6.46. The van der Waals surface area contributed by atoms with Gasteiger partial charge in [-0.15, -0.1) is 11.6 Å².